The van der Waals surface area contributed by atoms with Crippen molar-refractivity contribution in [3.05, 3.63) is 65.0 Å². The Kier molecular flexibility index (Phi) is 9.35. The van der Waals surface area contributed by atoms with Gasteiger partial charge in [0.05, 0.1) is 12.5 Å². The monoisotopic (exact) mass is 538 g/mol. The summed E-state index contributed by atoms with van der Waals surface area (Å²) < 4.78 is 14.8. The van der Waals surface area contributed by atoms with Gasteiger partial charge in [-0.05, 0) is 76.3 Å². The fraction of sp³-hybridized carbons (Fsp3) is 0.500. The Morgan fingerprint density at radius 1 is 1.10 bits per heavy atom. The number of phenolic OH excluding ortho intramolecular Hbond substituents is 1. The first-order chi connectivity index (χ1) is 18.7. The molecule has 2 aromatic rings. The second kappa shape index (κ2) is 12.7. The average Bonchev–Trinajstić information content (AvgIpc) is 2.91. The number of Topliss-reactive ketones (excluding diaryl/α,β-unsaturated/α-hetero) is 1. The van der Waals surface area contributed by atoms with Crippen molar-refractivity contribution in [1.29, 1.82) is 0 Å². The third-order valence-corrected chi connectivity index (χ3v) is 7.91. The Morgan fingerprint density at radius 2 is 1.85 bits per heavy atom. The zero-order chi connectivity index (χ0) is 28.1. The Bertz CT molecular complexity index is 1200. The van der Waals surface area contributed by atoms with Gasteiger partial charge in [0.2, 0.25) is 11.8 Å². The fourth-order valence-corrected chi connectivity index (χ4v) is 5.92. The molecule has 3 atom stereocenters. The second-order valence-electron chi connectivity index (χ2n) is 11.0. The molecule has 0 radical (unpaired) electrons. The number of benzene rings is 2. The molecule has 39 heavy (non-hydrogen) atoms. The molecule has 2 fully saturated rings. The first kappa shape index (κ1) is 28.7. The van der Waals surface area contributed by atoms with Gasteiger partial charge in [0.25, 0.3) is 0 Å². The molecule has 0 spiro atoms. The zero-order valence-electron chi connectivity index (χ0n) is 23.0. The van der Waals surface area contributed by atoms with Gasteiger partial charge in [-0.25, -0.2) is 4.39 Å². The first-order valence-electron chi connectivity index (χ1n) is 13.7. The van der Waals surface area contributed by atoms with Crippen LogP contribution in [-0.4, -0.2) is 97.3 Å². The van der Waals surface area contributed by atoms with Gasteiger partial charge >= 0.3 is 0 Å². The SMILES string of the molecule is Cc1c(F)cccc1C1C(C(=O)c2cccc(O)c2)CN(CCCCN(C)C)CC1C(=O)N1CCNC(=O)C1. The predicted octanol–water partition coefficient (Wildman–Crippen LogP) is 2.65. The Hall–Kier alpha value is -3.30. The van der Waals surface area contributed by atoms with Gasteiger partial charge in [0.1, 0.15) is 11.6 Å². The van der Waals surface area contributed by atoms with Gasteiger partial charge in [-0.15, -0.1) is 0 Å². The maximum absolute atomic E-state index is 14.8. The van der Waals surface area contributed by atoms with Crippen LogP contribution in [0.1, 0.15) is 40.2 Å². The molecule has 0 aromatic heterocycles. The summed E-state index contributed by atoms with van der Waals surface area (Å²) in [4.78, 5) is 46.1. The maximum atomic E-state index is 14.8. The third kappa shape index (κ3) is 6.83. The van der Waals surface area contributed by atoms with Crippen molar-refractivity contribution in [3.8, 4) is 5.75 Å². The van der Waals surface area contributed by atoms with Crippen LogP contribution >= 0.6 is 0 Å². The largest absolute Gasteiger partial charge is 0.508 e. The molecule has 210 valence electrons. The maximum Gasteiger partial charge on any atom is 0.239 e. The number of piperidine rings is 1. The summed E-state index contributed by atoms with van der Waals surface area (Å²) in [5, 5.41) is 12.8. The van der Waals surface area contributed by atoms with E-state index in [1.807, 2.05) is 20.2 Å². The van der Waals surface area contributed by atoms with E-state index < -0.39 is 17.8 Å². The highest BCUT2D eigenvalue weighted by Crippen LogP contribution is 2.42. The summed E-state index contributed by atoms with van der Waals surface area (Å²) in [6.45, 7) is 4.92. The molecule has 2 aromatic carbocycles. The molecule has 4 rings (SSSR count). The Morgan fingerprint density at radius 3 is 2.56 bits per heavy atom. The number of amides is 2. The molecule has 0 aliphatic carbocycles. The van der Waals surface area contributed by atoms with Crippen LogP contribution in [0.4, 0.5) is 4.39 Å². The summed E-state index contributed by atoms with van der Waals surface area (Å²) in [6, 6.07) is 11.1. The lowest BCUT2D eigenvalue weighted by atomic mass is 9.69. The van der Waals surface area contributed by atoms with Crippen molar-refractivity contribution in [2.24, 2.45) is 11.8 Å². The Labute approximate surface area is 229 Å². The van der Waals surface area contributed by atoms with Crippen LogP contribution in [0.25, 0.3) is 0 Å². The van der Waals surface area contributed by atoms with E-state index in [9.17, 15) is 23.9 Å². The molecule has 2 saturated heterocycles. The molecule has 0 bridgehead atoms. The van der Waals surface area contributed by atoms with Crippen molar-refractivity contribution >= 4 is 17.6 Å². The molecule has 2 aliphatic heterocycles. The molecule has 2 heterocycles. The number of nitrogens with zero attached hydrogens (tertiary/aromatic N) is 3. The number of carbonyl (C=O) groups is 3. The molecule has 3 unspecified atom stereocenters. The van der Waals surface area contributed by atoms with E-state index in [2.05, 4.69) is 15.1 Å². The van der Waals surface area contributed by atoms with E-state index in [-0.39, 0.29) is 35.7 Å². The number of ketones is 1. The topological polar surface area (TPSA) is 93.2 Å². The van der Waals surface area contributed by atoms with Crippen LogP contribution < -0.4 is 5.32 Å². The van der Waals surface area contributed by atoms with Crippen molar-refractivity contribution in [3.63, 3.8) is 0 Å². The van der Waals surface area contributed by atoms with Crippen molar-refractivity contribution < 1.29 is 23.9 Å². The number of phenols is 1. The molecule has 9 heteroatoms. The van der Waals surface area contributed by atoms with E-state index >= 15 is 0 Å². The number of hydrogen-bond donors (Lipinski definition) is 2. The second-order valence-corrected chi connectivity index (χ2v) is 11.0. The van der Waals surface area contributed by atoms with Gasteiger partial charge in [-0.1, -0.05) is 24.3 Å². The minimum Gasteiger partial charge on any atom is -0.508 e. The van der Waals surface area contributed by atoms with Crippen molar-refractivity contribution in [2.75, 3.05) is 59.9 Å². The molecule has 0 saturated carbocycles. The van der Waals surface area contributed by atoms with Gasteiger partial charge in [-0.3, -0.25) is 14.4 Å². The van der Waals surface area contributed by atoms with E-state index in [0.717, 1.165) is 25.9 Å². The summed E-state index contributed by atoms with van der Waals surface area (Å²) in [5.41, 5.74) is 1.42. The molecular weight excluding hydrogens is 499 g/mol. The van der Waals surface area contributed by atoms with E-state index in [1.165, 1.54) is 18.2 Å². The van der Waals surface area contributed by atoms with E-state index in [0.29, 0.717) is 42.9 Å². The van der Waals surface area contributed by atoms with Crippen molar-refractivity contribution in [1.82, 2.24) is 20.0 Å². The molecule has 8 nitrogen and oxygen atoms in total. The molecule has 2 N–H and O–H groups in total. The number of rotatable bonds is 9. The van der Waals surface area contributed by atoms with Crippen LogP contribution in [0.3, 0.4) is 0 Å². The predicted molar refractivity (Wildman–Crippen MR) is 147 cm³/mol. The lowest BCUT2D eigenvalue weighted by Crippen LogP contribution is -2.57. The summed E-state index contributed by atoms with van der Waals surface area (Å²) in [7, 11) is 4.06. The smallest absolute Gasteiger partial charge is 0.239 e. The lowest BCUT2D eigenvalue weighted by molar-refractivity contribution is -0.144. The highest BCUT2D eigenvalue weighted by atomic mass is 19.1. The van der Waals surface area contributed by atoms with Crippen LogP contribution in [0.2, 0.25) is 0 Å². The number of piperazine rings is 1. The van der Waals surface area contributed by atoms with E-state index in [4.69, 9.17) is 0 Å². The quantitative estimate of drug-likeness (QED) is 0.377. The molecule has 2 aliphatic rings. The van der Waals surface area contributed by atoms with Gasteiger partial charge in [-0.2, -0.15) is 0 Å². The zero-order valence-corrected chi connectivity index (χ0v) is 23.0. The summed E-state index contributed by atoms with van der Waals surface area (Å²) in [6.07, 6.45) is 1.88. The minimum atomic E-state index is -0.637. The first-order valence-corrected chi connectivity index (χ1v) is 13.7. The van der Waals surface area contributed by atoms with Crippen LogP contribution in [-0.2, 0) is 9.59 Å². The minimum absolute atomic E-state index is 0.0114. The molecular formula is C30H39FN4O4. The number of halogens is 1. The van der Waals surface area contributed by atoms with Crippen LogP contribution in [0.5, 0.6) is 5.75 Å². The number of likely N-dealkylation sites (tertiary alicyclic amines) is 1. The summed E-state index contributed by atoms with van der Waals surface area (Å²) >= 11 is 0. The third-order valence-electron chi connectivity index (χ3n) is 7.91. The standard InChI is InChI=1S/C30H39FN4O4/c1-20-23(10-7-11-26(20)31)28-24(29(38)21-8-6-9-22(36)16-21)17-34(14-5-4-13-33(2)3)18-25(28)30(39)35-15-12-32-27(37)19-35/h6-11,16,24-25,28,36H,4-5,12-15,17-19H2,1-3H3,(H,32,37). The van der Waals surface area contributed by atoms with Crippen LogP contribution in [0.15, 0.2) is 42.5 Å². The highest BCUT2D eigenvalue weighted by Gasteiger charge is 2.46. The lowest BCUT2D eigenvalue weighted by Gasteiger charge is -2.45. The average molecular weight is 539 g/mol. The van der Waals surface area contributed by atoms with Crippen LogP contribution in [0, 0.1) is 24.6 Å². The van der Waals surface area contributed by atoms with Gasteiger partial charge in [0.15, 0.2) is 5.78 Å². The summed E-state index contributed by atoms with van der Waals surface area (Å²) in [5.74, 6) is -2.83. The van der Waals surface area contributed by atoms with E-state index in [1.54, 1.807) is 30.0 Å². The Balaban J connectivity index is 1.74. The highest BCUT2D eigenvalue weighted by molar-refractivity contribution is 6.00. The molecule has 2 amide bonds. The number of nitrogens with one attached hydrogen (secondary N) is 1. The normalized spacial score (nSPS) is 22.1. The van der Waals surface area contributed by atoms with Crippen molar-refractivity contribution in [2.45, 2.75) is 25.7 Å². The van der Waals surface area contributed by atoms with Gasteiger partial charge in [0, 0.05) is 43.6 Å². The number of hydrogen-bond acceptors (Lipinski definition) is 6. The number of carbonyl (C=O) groups excluding carboxylic acids is 3. The number of aromatic hydroxyl groups is 1. The number of unbranched alkanes of at least 4 members (excludes halogenated alkanes) is 1. The fourth-order valence-electron chi connectivity index (χ4n) is 5.92. The van der Waals surface area contributed by atoms with Gasteiger partial charge < -0.3 is 25.1 Å².